The number of nitrogens with one attached hydrogen (secondary N) is 1. The molecule has 6 nitrogen and oxygen atoms in total. The summed E-state index contributed by atoms with van der Waals surface area (Å²) in [6.45, 7) is 1.68. The molecule has 0 atom stereocenters. The maximum atomic E-state index is 12.2. The summed E-state index contributed by atoms with van der Waals surface area (Å²) in [5.41, 5.74) is 4.48. The summed E-state index contributed by atoms with van der Waals surface area (Å²) in [5.74, 6) is 0.141. The Balaban J connectivity index is 1.47. The lowest BCUT2D eigenvalue weighted by molar-refractivity contribution is -0.123. The number of hydrogen-bond donors (Lipinski definition) is 1. The third-order valence-electron chi connectivity index (χ3n) is 4.04. The van der Waals surface area contributed by atoms with Gasteiger partial charge in [-0.15, -0.1) is 0 Å². The number of esters is 1. The highest BCUT2D eigenvalue weighted by Crippen LogP contribution is 2.16. The van der Waals surface area contributed by atoms with Gasteiger partial charge in [0.1, 0.15) is 11.5 Å². The Morgan fingerprint density at radius 1 is 0.967 bits per heavy atom. The van der Waals surface area contributed by atoms with Gasteiger partial charge in [0.05, 0.1) is 11.8 Å². The van der Waals surface area contributed by atoms with Crippen LogP contribution in [-0.4, -0.2) is 24.7 Å². The zero-order valence-corrected chi connectivity index (χ0v) is 16.9. The SMILES string of the molecule is Cc1ccccc1C(=O)Oc1ccc(/C=N/NC(=O)COc2ccc(Cl)cc2)cc1. The fourth-order valence-corrected chi connectivity index (χ4v) is 2.60. The number of carbonyl (C=O) groups excluding carboxylic acids is 2. The van der Waals surface area contributed by atoms with Gasteiger partial charge in [0.2, 0.25) is 0 Å². The molecule has 3 aromatic rings. The molecule has 3 aromatic carbocycles. The van der Waals surface area contributed by atoms with Crippen molar-refractivity contribution in [3.8, 4) is 11.5 Å². The van der Waals surface area contributed by atoms with E-state index in [9.17, 15) is 9.59 Å². The second kappa shape index (κ2) is 10.2. The van der Waals surface area contributed by atoms with E-state index in [1.807, 2.05) is 19.1 Å². The Morgan fingerprint density at radius 3 is 2.33 bits per heavy atom. The second-order valence-electron chi connectivity index (χ2n) is 6.31. The van der Waals surface area contributed by atoms with E-state index >= 15 is 0 Å². The second-order valence-corrected chi connectivity index (χ2v) is 6.75. The molecular formula is C23H19ClN2O4. The summed E-state index contributed by atoms with van der Waals surface area (Å²) in [7, 11) is 0. The normalized spacial score (nSPS) is 10.6. The smallest absolute Gasteiger partial charge is 0.343 e. The number of hydrazone groups is 1. The first-order chi connectivity index (χ1) is 14.5. The van der Waals surface area contributed by atoms with E-state index in [4.69, 9.17) is 21.1 Å². The molecule has 0 spiro atoms. The average molecular weight is 423 g/mol. The van der Waals surface area contributed by atoms with Crippen molar-refractivity contribution in [3.63, 3.8) is 0 Å². The van der Waals surface area contributed by atoms with Crippen LogP contribution in [0.1, 0.15) is 21.5 Å². The standard InChI is InChI=1S/C23H19ClN2O4/c1-16-4-2-3-5-21(16)23(28)30-20-10-6-17(7-11-20)14-25-26-22(27)15-29-19-12-8-18(24)9-13-19/h2-14H,15H2,1H3,(H,26,27)/b25-14+. The van der Waals surface area contributed by atoms with E-state index in [-0.39, 0.29) is 6.61 Å². The van der Waals surface area contributed by atoms with Gasteiger partial charge in [-0.1, -0.05) is 29.8 Å². The monoisotopic (exact) mass is 422 g/mol. The molecule has 7 heteroatoms. The lowest BCUT2D eigenvalue weighted by Crippen LogP contribution is -2.24. The van der Waals surface area contributed by atoms with Gasteiger partial charge < -0.3 is 9.47 Å². The number of nitrogens with zero attached hydrogens (tertiary/aromatic N) is 1. The maximum absolute atomic E-state index is 12.2. The van der Waals surface area contributed by atoms with Crippen molar-refractivity contribution in [3.05, 3.63) is 94.5 Å². The van der Waals surface area contributed by atoms with Gasteiger partial charge >= 0.3 is 5.97 Å². The zero-order valence-electron chi connectivity index (χ0n) is 16.2. The minimum absolute atomic E-state index is 0.174. The molecule has 152 valence electrons. The summed E-state index contributed by atoms with van der Waals surface area (Å²) in [6.07, 6.45) is 1.48. The zero-order chi connectivity index (χ0) is 21.3. The van der Waals surface area contributed by atoms with Crippen LogP contribution in [-0.2, 0) is 4.79 Å². The highest BCUT2D eigenvalue weighted by molar-refractivity contribution is 6.30. The van der Waals surface area contributed by atoms with E-state index in [1.54, 1.807) is 60.7 Å². The maximum Gasteiger partial charge on any atom is 0.343 e. The van der Waals surface area contributed by atoms with Gasteiger partial charge in [-0.3, -0.25) is 4.79 Å². The summed E-state index contributed by atoms with van der Waals surface area (Å²) in [4.78, 5) is 24.0. The predicted molar refractivity (Wildman–Crippen MR) is 115 cm³/mol. The molecule has 0 bridgehead atoms. The highest BCUT2D eigenvalue weighted by atomic mass is 35.5. The Morgan fingerprint density at radius 2 is 1.63 bits per heavy atom. The molecule has 0 unspecified atom stereocenters. The molecule has 0 saturated carbocycles. The molecule has 0 aromatic heterocycles. The lowest BCUT2D eigenvalue weighted by Gasteiger charge is -2.06. The molecular weight excluding hydrogens is 404 g/mol. The molecule has 0 aliphatic rings. The molecule has 0 aliphatic heterocycles. The van der Waals surface area contributed by atoms with E-state index in [2.05, 4.69) is 10.5 Å². The largest absolute Gasteiger partial charge is 0.484 e. The minimum Gasteiger partial charge on any atom is -0.484 e. The van der Waals surface area contributed by atoms with Crippen LogP contribution >= 0.6 is 11.6 Å². The van der Waals surface area contributed by atoms with Crippen LogP contribution in [0, 0.1) is 6.92 Å². The van der Waals surface area contributed by atoms with E-state index in [0.29, 0.717) is 22.1 Å². The summed E-state index contributed by atoms with van der Waals surface area (Å²) < 4.78 is 10.7. The predicted octanol–water partition coefficient (Wildman–Crippen LogP) is 4.40. The van der Waals surface area contributed by atoms with E-state index < -0.39 is 11.9 Å². The minimum atomic E-state index is -0.414. The number of amides is 1. The molecule has 0 saturated heterocycles. The van der Waals surface area contributed by atoms with Gasteiger partial charge in [-0.25, -0.2) is 10.2 Å². The first-order valence-electron chi connectivity index (χ1n) is 9.09. The third kappa shape index (κ3) is 6.18. The fourth-order valence-electron chi connectivity index (χ4n) is 2.48. The first kappa shape index (κ1) is 21.1. The number of benzene rings is 3. The number of hydrogen-bond acceptors (Lipinski definition) is 5. The van der Waals surface area contributed by atoms with Crippen LogP contribution in [0.5, 0.6) is 11.5 Å². The number of rotatable bonds is 7. The van der Waals surface area contributed by atoms with Gasteiger partial charge in [0.25, 0.3) is 5.91 Å². The van der Waals surface area contributed by atoms with Crippen LogP contribution in [0.25, 0.3) is 0 Å². The third-order valence-corrected chi connectivity index (χ3v) is 4.29. The lowest BCUT2D eigenvalue weighted by atomic mass is 10.1. The number of halogens is 1. The number of ether oxygens (including phenoxy) is 2. The molecule has 0 aliphatic carbocycles. The van der Waals surface area contributed by atoms with Crippen molar-refractivity contribution >= 4 is 29.7 Å². The number of carbonyl (C=O) groups is 2. The fraction of sp³-hybridized carbons (Fsp3) is 0.0870. The summed E-state index contributed by atoms with van der Waals surface area (Å²) >= 11 is 5.79. The van der Waals surface area contributed by atoms with Crippen molar-refractivity contribution in [1.29, 1.82) is 0 Å². The van der Waals surface area contributed by atoms with Crippen molar-refractivity contribution in [2.75, 3.05) is 6.61 Å². The van der Waals surface area contributed by atoms with E-state index in [0.717, 1.165) is 11.1 Å². The Bertz CT molecular complexity index is 1050. The summed E-state index contributed by atoms with van der Waals surface area (Å²) in [6, 6.07) is 20.7. The molecule has 30 heavy (non-hydrogen) atoms. The topological polar surface area (TPSA) is 77.0 Å². The average Bonchev–Trinajstić information content (AvgIpc) is 2.75. The van der Waals surface area contributed by atoms with Crippen molar-refractivity contribution in [2.24, 2.45) is 5.10 Å². The van der Waals surface area contributed by atoms with Gasteiger partial charge in [-0.2, -0.15) is 5.10 Å². The van der Waals surface area contributed by atoms with Gasteiger partial charge in [-0.05, 0) is 72.6 Å². The Hall–Kier alpha value is -3.64. The van der Waals surface area contributed by atoms with Crippen LogP contribution in [0.2, 0.25) is 5.02 Å². The molecule has 3 rings (SSSR count). The molecule has 1 amide bonds. The van der Waals surface area contributed by atoms with Crippen molar-refractivity contribution in [1.82, 2.24) is 5.43 Å². The van der Waals surface area contributed by atoms with Gasteiger partial charge in [0.15, 0.2) is 6.61 Å². The quantitative estimate of drug-likeness (QED) is 0.265. The van der Waals surface area contributed by atoms with Crippen molar-refractivity contribution in [2.45, 2.75) is 6.92 Å². The van der Waals surface area contributed by atoms with Crippen LogP contribution < -0.4 is 14.9 Å². The Labute approximate surface area is 179 Å². The van der Waals surface area contributed by atoms with Crippen LogP contribution in [0.15, 0.2) is 77.9 Å². The Kier molecular flexibility index (Phi) is 7.19. The van der Waals surface area contributed by atoms with E-state index in [1.165, 1.54) is 6.21 Å². The van der Waals surface area contributed by atoms with Crippen LogP contribution in [0.3, 0.4) is 0 Å². The number of aryl methyl sites for hydroxylation is 1. The molecule has 0 radical (unpaired) electrons. The van der Waals surface area contributed by atoms with Gasteiger partial charge in [0, 0.05) is 5.02 Å². The highest BCUT2D eigenvalue weighted by Gasteiger charge is 2.10. The molecule has 0 fully saturated rings. The molecule has 1 N–H and O–H groups in total. The van der Waals surface area contributed by atoms with Crippen LogP contribution in [0.4, 0.5) is 0 Å². The summed E-state index contributed by atoms with van der Waals surface area (Å²) in [5, 5.41) is 4.47. The molecule has 0 heterocycles. The first-order valence-corrected chi connectivity index (χ1v) is 9.47. The van der Waals surface area contributed by atoms with Crippen molar-refractivity contribution < 1.29 is 19.1 Å².